The Labute approximate surface area is 96.4 Å². The highest BCUT2D eigenvalue weighted by Gasteiger charge is 2.22. The van der Waals surface area contributed by atoms with E-state index in [9.17, 15) is 15.0 Å². The Morgan fingerprint density at radius 3 is 1.79 bits per heavy atom. The van der Waals surface area contributed by atoms with Crippen molar-refractivity contribution in [2.24, 2.45) is 0 Å². The monoisotopic (exact) mass is 324 g/mol. The SMILES string of the molecule is Cc1c(O)c(Br)c(C(=O)O)c(Br)c1O. The summed E-state index contributed by atoms with van der Waals surface area (Å²) < 4.78 is 0.0966. The fraction of sp³-hybridized carbons (Fsp3) is 0.125. The molecule has 0 radical (unpaired) electrons. The first-order valence-corrected chi connectivity index (χ1v) is 5.09. The van der Waals surface area contributed by atoms with E-state index < -0.39 is 5.97 Å². The lowest BCUT2D eigenvalue weighted by Crippen LogP contribution is -2.00. The van der Waals surface area contributed by atoms with Crippen molar-refractivity contribution in [3.63, 3.8) is 0 Å². The summed E-state index contributed by atoms with van der Waals surface area (Å²) in [6.45, 7) is 1.48. The Morgan fingerprint density at radius 2 is 1.50 bits per heavy atom. The summed E-state index contributed by atoms with van der Waals surface area (Å²) in [5.41, 5.74) is 0.0133. The number of aromatic carboxylic acids is 1. The fourth-order valence-corrected chi connectivity index (χ4v) is 2.56. The number of aromatic hydroxyl groups is 2. The maximum atomic E-state index is 10.8. The van der Waals surface area contributed by atoms with E-state index in [-0.39, 0.29) is 31.6 Å². The number of phenolic OH excluding ortho intramolecular Hbond substituents is 2. The van der Waals surface area contributed by atoms with Gasteiger partial charge in [0.15, 0.2) is 0 Å². The quantitative estimate of drug-likeness (QED) is 0.741. The van der Waals surface area contributed by atoms with Crippen LogP contribution in [0.3, 0.4) is 0 Å². The number of phenols is 2. The first-order valence-electron chi connectivity index (χ1n) is 3.50. The van der Waals surface area contributed by atoms with Crippen LogP contribution in [0.5, 0.6) is 11.5 Å². The Balaban J connectivity index is 3.68. The van der Waals surface area contributed by atoms with Gasteiger partial charge >= 0.3 is 5.97 Å². The number of hydrogen-bond donors (Lipinski definition) is 3. The zero-order valence-corrected chi connectivity index (χ0v) is 10.2. The number of carboxylic acid groups (broad SMARTS) is 1. The van der Waals surface area contributed by atoms with Gasteiger partial charge in [-0.15, -0.1) is 0 Å². The lowest BCUT2D eigenvalue weighted by Gasteiger charge is -2.10. The molecule has 0 heterocycles. The minimum Gasteiger partial charge on any atom is -0.506 e. The second kappa shape index (κ2) is 3.78. The van der Waals surface area contributed by atoms with Gasteiger partial charge in [-0.3, -0.25) is 0 Å². The van der Waals surface area contributed by atoms with Gasteiger partial charge in [-0.1, -0.05) is 0 Å². The van der Waals surface area contributed by atoms with Crippen LogP contribution in [0.2, 0.25) is 0 Å². The molecule has 3 N–H and O–H groups in total. The van der Waals surface area contributed by atoms with E-state index in [1.807, 2.05) is 0 Å². The highest BCUT2D eigenvalue weighted by atomic mass is 79.9. The van der Waals surface area contributed by atoms with Crippen molar-refractivity contribution in [1.29, 1.82) is 0 Å². The molecular formula is C8H6Br2O4. The van der Waals surface area contributed by atoms with Crippen LogP contribution >= 0.6 is 31.9 Å². The normalized spacial score (nSPS) is 10.2. The van der Waals surface area contributed by atoms with Crippen LogP contribution in [0.15, 0.2) is 8.95 Å². The zero-order valence-electron chi connectivity index (χ0n) is 7.01. The van der Waals surface area contributed by atoms with E-state index in [0.29, 0.717) is 0 Å². The second-order valence-corrected chi connectivity index (χ2v) is 4.22. The Bertz CT molecular complexity index is 385. The number of hydrogen-bond acceptors (Lipinski definition) is 3. The molecule has 0 saturated heterocycles. The first-order chi connectivity index (χ1) is 6.37. The minimum absolute atomic E-state index is 0.0483. The molecule has 0 fully saturated rings. The summed E-state index contributed by atoms with van der Waals surface area (Å²) in [7, 11) is 0. The summed E-state index contributed by atoms with van der Waals surface area (Å²) in [5.74, 6) is -1.79. The predicted molar refractivity (Wildman–Crippen MR) is 56.9 cm³/mol. The van der Waals surface area contributed by atoms with Crippen molar-refractivity contribution in [2.45, 2.75) is 6.92 Å². The number of benzene rings is 1. The molecule has 0 bridgehead atoms. The van der Waals surface area contributed by atoms with Crippen molar-refractivity contribution in [2.75, 3.05) is 0 Å². The van der Waals surface area contributed by atoms with E-state index in [1.54, 1.807) is 0 Å². The summed E-state index contributed by atoms with van der Waals surface area (Å²) in [6.07, 6.45) is 0. The summed E-state index contributed by atoms with van der Waals surface area (Å²) in [5, 5.41) is 27.7. The maximum Gasteiger partial charge on any atom is 0.338 e. The average Bonchev–Trinajstić information content (AvgIpc) is 2.11. The summed E-state index contributed by atoms with van der Waals surface area (Å²) >= 11 is 5.89. The van der Waals surface area contributed by atoms with Gasteiger partial charge in [-0.25, -0.2) is 4.79 Å². The molecule has 0 aromatic heterocycles. The number of halogens is 2. The molecule has 4 nitrogen and oxygen atoms in total. The highest BCUT2D eigenvalue weighted by molar-refractivity contribution is 9.11. The standard InChI is InChI=1S/C8H6Br2O4/c1-2-6(11)4(9)3(8(13)14)5(10)7(2)12/h11-12H,1H3,(H,13,14). The van der Waals surface area contributed by atoms with Gasteiger partial charge in [0.05, 0.1) is 14.5 Å². The van der Waals surface area contributed by atoms with Gasteiger partial charge in [0.1, 0.15) is 11.5 Å². The Kier molecular flexibility index (Phi) is 3.06. The molecule has 76 valence electrons. The van der Waals surface area contributed by atoms with E-state index in [2.05, 4.69) is 31.9 Å². The van der Waals surface area contributed by atoms with Crippen LogP contribution in [-0.4, -0.2) is 21.3 Å². The van der Waals surface area contributed by atoms with E-state index in [4.69, 9.17) is 5.11 Å². The number of rotatable bonds is 1. The molecule has 1 aromatic rings. The Hall–Kier alpha value is -0.750. The van der Waals surface area contributed by atoms with Gasteiger partial charge in [0, 0.05) is 5.56 Å². The number of carbonyl (C=O) groups is 1. The van der Waals surface area contributed by atoms with E-state index in [0.717, 1.165) is 0 Å². The molecule has 0 aliphatic rings. The maximum absolute atomic E-state index is 10.8. The van der Waals surface area contributed by atoms with E-state index in [1.165, 1.54) is 6.92 Å². The molecule has 0 aliphatic heterocycles. The first kappa shape index (κ1) is 11.3. The summed E-state index contributed by atoms with van der Waals surface area (Å²) in [4.78, 5) is 10.8. The zero-order chi connectivity index (χ0) is 11.0. The van der Waals surface area contributed by atoms with Crippen molar-refractivity contribution < 1.29 is 20.1 Å². The third-order valence-electron chi connectivity index (χ3n) is 1.78. The van der Waals surface area contributed by atoms with Crippen LogP contribution in [-0.2, 0) is 0 Å². The molecule has 0 amide bonds. The molecule has 14 heavy (non-hydrogen) atoms. The van der Waals surface area contributed by atoms with Crippen molar-refractivity contribution in [1.82, 2.24) is 0 Å². The third kappa shape index (κ3) is 1.59. The molecular weight excluding hydrogens is 320 g/mol. The average molecular weight is 326 g/mol. The topological polar surface area (TPSA) is 77.8 Å². The molecule has 1 rings (SSSR count). The van der Waals surface area contributed by atoms with Crippen molar-refractivity contribution in [3.05, 3.63) is 20.1 Å². The van der Waals surface area contributed by atoms with Gasteiger partial charge in [-0.2, -0.15) is 0 Å². The van der Waals surface area contributed by atoms with Gasteiger partial charge in [-0.05, 0) is 38.8 Å². The molecule has 0 unspecified atom stereocenters. The lowest BCUT2D eigenvalue weighted by atomic mass is 10.1. The van der Waals surface area contributed by atoms with Crippen LogP contribution in [0.4, 0.5) is 0 Å². The molecule has 6 heteroatoms. The lowest BCUT2D eigenvalue weighted by molar-refractivity contribution is 0.0693. The number of carboxylic acids is 1. The molecule has 1 aromatic carbocycles. The van der Waals surface area contributed by atoms with Crippen LogP contribution in [0.1, 0.15) is 15.9 Å². The Morgan fingerprint density at radius 1 is 1.14 bits per heavy atom. The molecule has 0 spiro atoms. The van der Waals surface area contributed by atoms with Gasteiger partial charge < -0.3 is 15.3 Å². The summed E-state index contributed by atoms with van der Waals surface area (Å²) in [6, 6.07) is 0. The van der Waals surface area contributed by atoms with Gasteiger partial charge in [0.25, 0.3) is 0 Å². The largest absolute Gasteiger partial charge is 0.506 e. The molecule has 0 atom stereocenters. The van der Waals surface area contributed by atoms with Crippen LogP contribution in [0.25, 0.3) is 0 Å². The third-order valence-corrected chi connectivity index (χ3v) is 3.32. The predicted octanol–water partition coefficient (Wildman–Crippen LogP) is 2.63. The van der Waals surface area contributed by atoms with Gasteiger partial charge in [0.2, 0.25) is 0 Å². The van der Waals surface area contributed by atoms with Crippen molar-refractivity contribution in [3.8, 4) is 11.5 Å². The minimum atomic E-state index is -1.24. The highest BCUT2D eigenvalue weighted by Crippen LogP contribution is 2.43. The smallest absolute Gasteiger partial charge is 0.338 e. The van der Waals surface area contributed by atoms with Crippen LogP contribution < -0.4 is 0 Å². The molecule has 0 aliphatic carbocycles. The fourth-order valence-electron chi connectivity index (χ4n) is 0.962. The molecule has 0 saturated carbocycles. The van der Waals surface area contributed by atoms with Crippen molar-refractivity contribution >= 4 is 37.8 Å². The second-order valence-electron chi connectivity index (χ2n) is 2.63. The van der Waals surface area contributed by atoms with E-state index >= 15 is 0 Å². The van der Waals surface area contributed by atoms with Crippen LogP contribution in [0, 0.1) is 6.92 Å².